The van der Waals surface area contributed by atoms with Crippen LogP contribution >= 0.6 is 34.7 Å². The lowest BCUT2D eigenvalue weighted by molar-refractivity contribution is -0.138. The van der Waals surface area contributed by atoms with Crippen LogP contribution < -0.4 is 19.6 Å². The number of carbonyl (C=O) groups excluding carboxylic acids is 1. The minimum Gasteiger partial charge on any atom is -0.489 e. The van der Waals surface area contributed by atoms with E-state index in [0.717, 1.165) is 27.1 Å². The van der Waals surface area contributed by atoms with Crippen LogP contribution in [0.3, 0.4) is 0 Å². The van der Waals surface area contributed by atoms with Gasteiger partial charge in [-0.15, -0.1) is 11.8 Å². The molecule has 0 unspecified atom stereocenters. The monoisotopic (exact) mass is 652 g/mol. The van der Waals surface area contributed by atoms with Crippen LogP contribution in [0.5, 0.6) is 5.75 Å². The van der Waals surface area contributed by atoms with Crippen LogP contribution in [0.25, 0.3) is 11.8 Å². The van der Waals surface area contributed by atoms with E-state index in [4.69, 9.17) is 26.1 Å². The van der Waals surface area contributed by atoms with Crippen LogP contribution in [0.1, 0.15) is 35.2 Å². The van der Waals surface area contributed by atoms with Gasteiger partial charge in [-0.1, -0.05) is 89.7 Å². The smallest absolute Gasteiger partial charge is 0.338 e. The Morgan fingerprint density at radius 3 is 2.36 bits per heavy atom. The van der Waals surface area contributed by atoms with E-state index in [1.807, 2.05) is 115 Å². The molecule has 9 heteroatoms. The van der Waals surface area contributed by atoms with Crippen LogP contribution in [0.4, 0.5) is 0 Å². The van der Waals surface area contributed by atoms with Gasteiger partial charge in [0.15, 0.2) is 4.80 Å². The molecule has 0 N–H and O–H groups in total. The van der Waals surface area contributed by atoms with Crippen molar-refractivity contribution in [3.05, 3.63) is 156 Å². The maximum atomic E-state index is 14.1. The Bertz CT molecular complexity index is 2030. The standard InChI is InChI=1S/C36H29ClN2O4S2/c1-3-42-35(41)31-32(25-7-5-4-6-8-25)38-36-39(33(31)26-13-19-29(44-2)20-14-26)34(40)30(45-36)21-23-11-17-28(18-12-23)43-22-24-9-15-27(37)16-10-24/h4-21,33H,3,22H2,1-2H3/b30-21-/t33-/m1/s1. The largest absolute Gasteiger partial charge is 0.489 e. The number of hydrogen-bond acceptors (Lipinski definition) is 7. The molecule has 0 aliphatic carbocycles. The van der Waals surface area contributed by atoms with Gasteiger partial charge in [0.05, 0.1) is 28.5 Å². The summed E-state index contributed by atoms with van der Waals surface area (Å²) in [7, 11) is 0. The van der Waals surface area contributed by atoms with Crippen molar-refractivity contribution in [1.82, 2.24) is 4.57 Å². The van der Waals surface area contributed by atoms with Gasteiger partial charge in [-0.25, -0.2) is 9.79 Å². The first-order valence-corrected chi connectivity index (χ1v) is 16.8. The fourth-order valence-electron chi connectivity index (χ4n) is 5.10. The molecule has 45 heavy (non-hydrogen) atoms. The maximum absolute atomic E-state index is 14.1. The summed E-state index contributed by atoms with van der Waals surface area (Å²) in [4.78, 5) is 34.2. The molecule has 6 nitrogen and oxygen atoms in total. The molecule has 5 aromatic rings. The number of esters is 1. The third-order valence-corrected chi connectivity index (χ3v) is 9.28. The van der Waals surface area contributed by atoms with E-state index >= 15 is 0 Å². The van der Waals surface area contributed by atoms with Crippen molar-refractivity contribution in [2.75, 3.05) is 12.9 Å². The van der Waals surface area contributed by atoms with Crippen LogP contribution in [-0.2, 0) is 16.1 Å². The molecule has 0 radical (unpaired) electrons. The lowest BCUT2D eigenvalue weighted by atomic mass is 9.93. The van der Waals surface area contributed by atoms with Gasteiger partial charge in [0.2, 0.25) is 0 Å². The Morgan fingerprint density at radius 1 is 0.978 bits per heavy atom. The zero-order chi connectivity index (χ0) is 31.3. The van der Waals surface area contributed by atoms with Crippen LogP contribution in [-0.4, -0.2) is 23.4 Å². The highest BCUT2D eigenvalue weighted by Gasteiger charge is 2.35. The number of rotatable bonds is 9. The second-order valence-corrected chi connectivity index (χ2v) is 12.5. The van der Waals surface area contributed by atoms with Gasteiger partial charge >= 0.3 is 5.97 Å². The average molecular weight is 653 g/mol. The summed E-state index contributed by atoms with van der Waals surface area (Å²) in [6.45, 7) is 2.39. The van der Waals surface area contributed by atoms with Gasteiger partial charge in [-0.05, 0) is 72.3 Å². The molecule has 1 aromatic heterocycles. The van der Waals surface area contributed by atoms with Crippen molar-refractivity contribution in [2.45, 2.75) is 24.5 Å². The third-order valence-electron chi connectivity index (χ3n) is 7.30. The van der Waals surface area contributed by atoms with E-state index in [-0.39, 0.29) is 12.2 Å². The highest BCUT2D eigenvalue weighted by atomic mass is 35.5. The molecule has 0 saturated heterocycles. The Labute approximate surface area is 274 Å². The van der Waals surface area contributed by atoms with Crippen LogP contribution in [0.15, 0.2) is 123 Å². The number of benzene rings is 4. The predicted octanol–water partition coefficient (Wildman–Crippen LogP) is 6.89. The first-order chi connectivity index (χ1) is 21.9. The zero-order valence-corrected chi connectivity index (χ0v) is 27.0. The average Bonchev–Trinajstić information content (AvgIpc) is 3.38. The highest BCUT2D eigenvalue weighted by molar-refractivity contribution is 7.98. The molecule has 1 aliphatic rings. The molecule has 0 spiro atoms. The first-order valence-electron chi connectivity index (χ1n) is 14.3. The Morgan fingerprint density at radius 2 is 1.69 bits per heavy atom. The van der Waals surface area contributed by atoms with E-state index < -0.39 is 12.0 Å². The summed E-state index contributed by atoms with van der Waals surface area (Å²) in [5, 5.41) is 0.682. The summed E-state index contributed by atoms with van der Waals surface area (Å²) in [5.74, 6) is 0.214. The Balaban J connectivity index is 1.43. The number of fused-ring (bicyclic) bond motifs is 1. The van der Waals surface area contributed by atoms with Crippen molar-refractivity contribution in [3.8, 4) is 5.75 Å². The summed E-state index contributed by atoms with van der Waals surface area (Å²) in [6.07, 6.45) is 3.85. The maximum Gasteiger partial charge on any atom is 0.338 e. The second-order valence-electron chi connectivity index (χ2n) is 10.2. The number of thioether (sulfide) groups is 1. The number of ether oxygens (including phenoxy) is 2. The lowest BCUT2D eigenvalue weighted by Gasteiger charge is -2.26. The fraction of sp³-hybridized carbons (Fsp3) is 0.139. The minimum atomic E-state index is -0.711. The lowest BCUT2D eigenvalue weighted by Crippen LogP contribution is -2.40. The SMILES string of the molecule is CCOC(=O)C1=C(c2ccccc2)N=c2s/c(=C\c3ccc(OCc4ccc(Cl)cc4)cc3)c(=O)n2[C@@H]1c1ccc(SC)cc1. The van der Waals surface area contributed by atoms with E-state index in [1.54, 1.807) is 23.3 Å². The number of thiazole rings is 1. The molecule has 2 heterocycles. The van der Waals surface area contributed by atoms with Crippen LogP contribution in [0.2, 0.25) is 5.02 Å². The summed E-state index contributed by atoms with van der Waals surface area (Å²) >= 11 is 8.90. The predicted molar refractivity (Wildman–Crippen MR) is 182 cm³/mol. The quantitative estimate of drug-likeness (QED) is 0.128. The normalized spacial score (nSPS) is 14.6. The topological polar surface area (TPSA) is 69.9 Å². The summed E-state index contributed by atoms with van der Waals surface area (Å²) in [6, 6.07) is 31.9. The molecular formula is C36H29ClN2O4S2. The van der Waals surface area contributed by atoms with E-state index in [9.17, 15) is 9.59 Å². The highest BCUT2D eigenvalue weighted by Crippen LogP contribution is 2.35. The summed E-state index contributed by atoms with van der Waals surface area (Å²) < 4.78 is 13.6. The molecular weight excluding hydrogens is 624 g/mol. The number of hydrogen-bond donors (Lipinski definition) is 0. The molecule has 0 bridgehead atoms. The van der Waals surface area contributed by atoms with Crippen molar-refractivity contribution < 1.29 is 14.3 Å². The van der Waals surface area contributed by atoms with Gasteiger partial charge in [0.25, 0.3) is 5.56 Å². The van der Waals surface area contributed by atoms with Crippen LogP contribution in [0, 0.1) is 0 Å². The van der Waals surface area contributed by atoms with Crippen molar-refractivity contribution in [1.29, 1.82) is 0 Å². The number of carbonyl (C=O) groups is 1. The van der Waals surface area contributed by atoms with Gasteiger partial charge in [0, 0.05) is 15.5 Å². The molecule has 4 aromatic carbocycles. The Hall–Kier alpha value is -4.37. The van der Waals surface area contributed by atoms with Gasteiger partial charge in [-0.2, -0.15) is 0 Å². The molecule has 0 saturated carbocycles. The van der Waals surface area contributed by atoms with Crippen molar-refractivity contribution in [2.24, 2.45) is 4.99 Å². The number of halogens is 1. The zero-order valence-electron chi connectivity index (χ0n) is 24.6. The molecule has 6 rings (SSSR count). The van der Waals surface area contributed by atoms with E-state index in [2.05, 4.69) is 0 Å². The number of nitrogens with zero attached hydrogens (tertiary/aromatic N) is 2. The third kappa shape index (κ3) is 6.68. The van der Waals surface area contributed by atoms with E-state index in [1.165, 1.54) is 11.3 Å². The van der Waals surface area contributed by atoms with Gasteiger partial charge in [0.1, 0.15) is 12.4 Å². The fourth-order valence-corrected chi connectivity index (χ4v) is 6.64. The van der Waals surface area contributed by atoms with Gasteiger partial charge in [-0.3, -0.25) is 9.36 Å². The molecule has 226 valence electrons. The van der Waals surface area contributed by atoms with E-state index in [0.29, 0.717) is 38.0 Å². The molecule has 0 amide bonds. The van der Waals surface area contributed by atoms with Crippen molar-refractivity contribution in [3.63, 3.8) is 0 Å². The Kier molecular flexibility index (Phi) is 9.35. The first kappa shape index (κ1) is 30.6. The minimum absolute atomic E-state index is 0.201. The molecule has 1 aliphatic heterocycles. The number of aromatic nitrogens is 1. The molecule has 0 fully saturated rings. The molecule has 1 atom stereocenters. The van der Waals surface area contributed by atoms with Crippen molar-refractivity contribution >= 4 is 52.4 Å². The van der Waals surface area contributed by atoms with Gasteiger partial charge < -0.3 is 9.47 Å². The second kappa shape index (κ2) is 13.7. The summed E-state index contributed by atoms with van der Waals surface area (Å²) in [5.41, 5.74) is 4.04.